The number of amides is 1. The summed E-state index contributed by atoms with van der Waals surface area (Å²) in [5, 5.41) is 12.8. The van der Waals surface area contributed by atoms with Crippen LogP contribution in [0.5, 0.6) is 0 Å². The van der Waals surface area contributed by atoms with E-state index in [0.717, 1.165) is 6.42 Å². The van der Waals surface area contributed by atoms with Gasteiger partial charge in [-0.1, -0.05) is 25.4 Å². The Labute approximate surface area is 125 Å². The third kappa shape index (κ3) is 4.65. The van der Waals surface area contributed by atoms with Gasteiger partial charge in [0, 0.05) is 20.3 Å². The third-order valence-corrected chi connectivity index (χ3v) is 3.10. The summed E-state index contributed by atoms with van der Waals surface area (Å²) < 4.78 is 0. The zero-order valence-corrected chi connectivity index (χ0v) is 13.1. The van der Waals surface area contributed by atoms with Crippen LogP contribution in [0.4, 0.5) is 5.82 Å². The number of aliphatic hydroxyl groups excluding tert-OH is 1. The molecule has 0 aliphatic rings. The summed E-state index contributed by atoms with van der Waals surface area (Å²) in [5.74, 6) is 0.793. The number of carbonyl (C=O) groups excluding carboxylic acids is 1. The molecule has 0 bridgehead atoms. The number of hydrogen-bond acceptors (Lipinski definition) is 4. The summed E-state index contributed by atoms with van der Waals surface area (Å²) in [5.41, 5.74) is 0.440. The van der Waals surface area contributed by atoms with Crippen molar-refractivity contribution in [1.82, 2.24) is 9.88 Å². The zero-order chi connectivity index (χ0) is 15.3. The van der Waals surface area contributed by atoms with Gasteiger partial charge < -0.3 is 15.3 Å². The van der Waals surface area contributed by atoms with Crippen LogP contribution in [0, 0.1) is 5.92 Å². The maximum Gasteiger partial charge on any atom is 0.254 e. The average molecular weight is 300 g/mol. The molecule has 1 amide bonds. The van der Waals surface area contributed by atoms with E-state index in [4.69, 9.17) is 11.6 Å². The molecule has 1 aromatic heterocycles. The summed E-state index contributed by atoms with van der Waals surface area (Å²) in [7, 11) is 3.35. The highest BCUT2D eigenvalue weighted by atomic mass is 35.5. The molecule has 0 saturated carbocycles. The maximum absolute atomic E-state index is 11.8. The van der Waals surface area contributed by atoms with Crippen molar-refractivity contribution in [2.75, 3.05) is 26.0 Å². The predicted octanol–water partition coefficient (Wildman–Crippen LogP) is 2.26. The van der Waals surface area contributed by atoms with Gasteiger partial charge in [0.2, 0.25) is 0 Å². The second-order valence-corrected chi connectivity index (χ2v) is 5.81. The first-order valence-electron chi connectivity index (χ1n) is 6.59. The Kier molecular flexibility index (Phi) is 6.23. The minimum absolute atomic E-state index is 0.00850. The molecule has 1 unspecified atom stereocenters. The lowest BCUT2D eigenvalue weighted by atomic mass is 10.0. The lowest BCUT2D eigenvalue weighted by Crippen LogP contribution is -2.26. The van der Waals surface area contributed by atoms with Gasteiger partial charge in [-0.15, -0.1) is 0 Å². The summed E-state index contributed by atoms with van der Waals surface area (Å²) in [4.78, 5) is 17.4. The van der Waals surface area contributed by atoms with Crippen molar-refractivity contribution in [3.05, 3.63) is 22.8 Å². The van der Waals surface area contributed by atoms with Crippen LogP contribution in [0.2, 0.25) is 5.02 Å². The quantitative estimate of drug-likeness (QED) is 0.845. The highest BCUT2D eigenvalue weighted by Gasteiger charge is 2.15. The fourth-order valence-electron chi connectivity index (χ4n) is 1.86. The Morgan fingerprint density at radius 1 is 1.50 bits per heavy atom. The Morgan fingerprint density at radius 2 is 2.15 bits per heavy atom. The number of pyridine rings is 1. The third-order valence-electron chi connectivity index (χ3n) is 2.81. The van der Waals surface area contributed by atoms with Gasteiger partial charge in [-0.2, -0.15) is 0 Å². The molecule has 2 N–H and O–H groups in total. The Balaban J connectivity index is 2.85. The number of carbonyl (C=O) groups is 1. The minimum atomic E-state index is -0.146. The number of nitrogens with one attached hydrogen (secondary N) is 1. The van der Waals surface area contributed by atoms with Crippen LogP contribution in [0.15, 0.2) is 12.3 Å². The number of aliphatic hydroxyl groups is 1. The normalized spacial score (nSPS) is 12.3. The monoisotopic (exact) mass is 299 g/mol. The van der Waals surface area contributed by atoms with E-state index in [1.807, 2.05) is 0 Å². The Bertz CT molecular complexity index is 464. The van der Waals surface area contributed by atoms with Crippen LogP contribution >= 0.6 is 11.6 Å². The van der Waals surface area contributed by atoms with E-state index >= 15 is 0 Å². The van der Waals surface area contributed by atoms with Crippen LogP contribution in [0.1, 0.15) is 30.6 Å². The number of hydrogen-bond donors (Lipinski definition) is 2. The zero-order valence-electron chi connectivity index (χ0n) is 12.4. The van der Waals surface area contributed by atoms with Crippen LogP contribution in [-0.4, -0.2) is 47.6 Å². The topological polar surface area (TPSA) is 65.5 Å². The van der Waals surface area contributed by atoms with E-state index in [9.17, 15) is 9.90 Å². The summed E-state index contributed by atoms with van der Waals surface area (Å²) in [6, 6.07) is 1.48. The van der Waals surface area contributed by atoms with Gasteiger partial charge in [0.1, 0.15) is 5.82 Å². The van der Waals surface area contributed by atoms with E-state index in [0.29, 0.717) is 22.3 Å². The molecule has 20 heavy (non-hydrogen) atoms. The molecule has 0 spiro atoms. The van der Waals surface area contributed by atoms with Crippen molar-refractivity contribution in [1.29, 1.82) is 0 Å². The van der Waals surface area contributed by atoms with Crippen LogP contribution < -0.4 is 5.32 Å². The molecule has 0 aliphatic carbocycles. The molecule has 6 heteroatoms. The van der Waals surface area contributed by atoms with Gasteiger partial charge in [0.25, 0.3) is 5.91 Å². The number of nitrogens with zero attached hydrogens (tertiary/aromatic N) is 2. The molecular formula is C14H22ClN3O2. The summed E-state index contributed by atoms with van der Waals surface area (Å²) in [6.45, 7) is 4.17. The van der Waals surface area contributed by atoms with E-state index in [1.165, 1.54) is 11.1 Å². The average Bonchev–Trinajstić information content (AvgIpc) is 2.38. The molecule has 1 rings (SSSR count). The lowest BCUT2D eigenvalue weighted by molar-refractivity contribution is 0.0827. The van der Waals surface area contributed by atoms with E-state index in [-0.39, 0.29) is 18.6 Å². The van der Waals surface area contributed by atoms with Gasteiger partial charge in [0.05, 0.1) is 23.2 Å². The molecule has 1 atom stereocenters. The van der Waals surface area contributed by atoms with Crippen molar-refractivity contribution in [2.24, 2.45) is 5.92 Å². The molecule has 0 radical (unpaired) electrons. The fourth-order valence-corrected chi connectivity index (χ4v) is 2.08. The van der Waals surface area contributed by atoms with Crippen LogP contribution in [-0.2, 0) is 0 Å². The number of aromatic nitrogens is 1. The van der Waals surface area contributed by atoms with Crippen molar-refractivity contribution in [3.63, 3.8) is 0 Å². The van der Waals surface area contributed by atoms with Crippen LogP contribution in [0.3, 0.4) is 0 Å². The Hall–Kier alpha value is -1.33. The van der Waals surface area contributed by atoms with Gasteiger partial charge in [-0.05, 0) is 18.4 Å². The number of rotatable bonds is 6. The summed E-state index contributed by atoms with van der Waals surface area (Å²) >= 11 is 6.14. The molecule has 1 aromatic rings. The van der Waals surface area contributed by atoms with E-state index in [1.54, 1.807) is 20.2 Å². The van der Waals surface area contributed by atoms with Crippen molar-refractivity contribution < 1.29 is 9.90 Å². The molecule has 112 valence electrons. The first kappa shape index (κ1) is 16.7. The van der Waals surface area contributed by atoms with Crippen molar-refractivity contribution in [2.45, 2.75) is 26.3 Å². The standard InChI is InChI=1S/C14H22ClN3O2/c1-9(2)5-11(8-19)17-13-12(15)6-10(7-16-13)14(20)18(3)4/h6-7,9,11,19H,5,8H2,1-4H3,(H,16,17). The summed E-state index contributed by atoms with van der Waals surface area (Å²) in [6.07, 6.45) is 2.30. The molecule has 5 nitrogen and oxygen atoms in total. The first-order chi connectivity index (χ1) is 9.35. The highest BCUT2D eigenvalue weighted by molar-refractivity contribution is 6.33. The number of halogens is 1. The highest BCUT2D eigenvalue weighted by Crippen LogP contribution is 2.22. The molecule has 0 aliphatic heterocycles. The second kappa shape index (κ2) is 7.45. The molecule has 0 aromatic carbocycles. The maximum atomic E-state index is 11.8. The van der Waals surface area contributed by atoms with E-state index < -0.39 is 0 Å². The van der Waals surface area contributed by atoms with E-state index in [2.05, 4.69) is 24.1 Å². The number of anilines is 1. The van der Waals surface area contributed by atoms with Gasteiger partial charge in [0.15, 0.2) is 0 Å². The predicted molar refractivity (Wildman–Crippen MR) is 81.2 cm³/mol. The van der Waals surface area contributed by atoms with Gasteiger partial charge >= 0.3 is 0 Å². The molecular weight excluding hydrogens is 278 g/mol. The fraction of sp³-hybridized carbons (Fsp3) is 0.571. The van der Waals surface area contributed by atoms with Crippen molar-refractivity contribution >= 4 is 23.3 Å². The lowest BCUT2D eigenvalue weighted by Gasteiger charge is -2.20. The first-order valence-corrected chi connectivity index (χ1v) is 6.97. The largest absolute Gasteiger partial charge is 0.394 e. The van der Waals surface area contributed by atoms with Gasteiger partial charge in [-0.3, -0.25) is 4.79 Å². The minimum Gasteiger partial charge on any atom is -0.394 e. The molecule has 0 saturated heterocycles. The second-order valence-electron chi connectivity index (χ2n) is 5.41. The van der Waals surface area contributed by atoms with Gasteiger partial charge in [-0.25, -0.2) is 4.98 Å². The molecule has 0 fully saturated rings. The van der Waals surface area contributed by atoms with Crippen LogP contribution in [0.25, 0.3) is 0 Å². The van der Waals surface area contributed by atoms with Crippen molar-refractivity contribution in [3.8, 4) is 0 Å². The smallest absolute Gasteiger partial charge is 0.254 e. The Morgan fingerprint density at radius 3 is 2.60 bits per heavy atom. The molecule has 1 heterocycles. The SMILES string of the molecule is CC(C)CC(CO)Nc1ncc(C(=O)N(C)C)cc1Cl.